The van der Waals surface area contributed by atoms with Gasteiger partial charge in [-0.3, -0.25) is 4.79 Å². The number of piperazine rings is 1. The number of halogens is 1. The van der Waals surface area contributed by atoms with Crippen LogP contribution < -0.4 is 4.90 Å². The van der Waals surface area contributed by atoms with E-state index in [2.05, 4.69) is 29.3 Å². The summed E-state index contributed by atoms with van der Waals surface area (Å²) in [6.45, 7) is 2.27. The Bertz CT molecular complexity index is 1420. The van der Waals surface area contributed by atoms with E-state index < -0.39 is 0 Å². The van der Waals surface area contributed by atoms with E-state index in [1.165, 1.54) is 0 Å². The van der Waals surface area contributed by atoms with Gasteiger partial charge in [0.05, 0.1) is 6.42 Å². The molecule has 0 spiro atoms. The predicted molar refractivity (Wildman–Crippen MR) is 138 cm³/mol. The second-order valence-electron chi connectivity index (χ2n) is 8.39. The summed E-state index contributed by atoms with van der Waals surface area (Å²) in [5, 5.41) is 12.5. The maximum Gasteiger partial charge on any atom is 0.235 e. The molecule has 4 aromatic rings. The zero-order valence-corrected chi connectivity index (χ0v) is 19.8. The minimum absolute atomic E-state index is 0.102. The van der Waals surface area contributed by atoms with Gasteiger partial charge in [-0.05, 0) is 40.1 Å². The summed E-state index contributed by atoms with van der Waals surface area (Å²) < 4.78 is 5.91. The van der Waals surface area contributed by atoms with Crippen molar-refractivity contribution in [2.75, 3.05) is 31.1 Å². The Morgan fingerprint density at radius 2 is 1.74 bits per heavy atom. The van der Waals surface area contributed by atoms with Gasteiger partial charge in [0, 0.05) is 37.3 Å². The minimum atomic E-state index is 0.102. The van der Waals surface area contributed by atoms with E-state index in [0.717, 1.165) is 21.9 Å². The third-order valence-corrected chi connectivity index (χ3v) is 6.41. The van der Waals surface area contributed by atoms with Crippen LogP contribution in [0.25, 0.3) is 22.9 Å². The Balaban J connectivity index is 1.24. The normalized spacial score (nSPS) is 13.9. The van der Waals surface area contributed by atoms with E-state index in [0.29, 0.717) is 49.4 Å². The van der Waals surface area contributed by atoms with Crippen molar-refractivity contribution < 1.29 is 9.21 Å². The fraction of sp³-hybridized carbons (Fsp3) is 0.179. The number of nitrogens with zero attached hydrogens (tertiary/aromatic N) is 4. The first-order chi connectivity index (χ1) is 17.1. The molecule has 1 aliphatic rings. The van der Waals surface area contributed by atoms with Crippen LogP contribution in [0.15, 0.2) is 71.1 Å². The van der Waals surface area contributed by atoms with Crippen molar-refractivity contribution in [2.24, 2.45) is 0 Å². The van der Waals surface area contributed by atoms with Crippen LogP contribution in [-0.4, -0.2) is 42.0 Å². The standard InChI is InChI=1S/C28H23ClN4O2/c29-23-11-8-20(9-12-23)10-13-26-31-25(19-30)28(35-26)33-16-14-32(15-17-33)27(34)18-22-6-3-5-21-4-1-2-7-24(21)22/h1-13H,14-18H2/b13-10+. The van der Waals surface area contributed by atoms with Crippen molar-refractivity contribution in [3.8, 4) is 6.07 Å². The molecular formula is C28H23ClN4O2. The lowest BCUT2D eigenvalue weighted by Gasteiger charge is -2.34. The molecule has 1 aliphatic heterocycles. The molecule has 5 rings (SSSR count). The van der Waals surface area contributed by atoms with Crippen LogP contribution in [0.5, 0.6) is 0 Å². The molecule has 1 amide bonds. The smallest absolute Gasteiger partial charge is 0.235 e. The summed E-state index contributed by atoms with van der Waals surface area (Å²) in [7, 11) is 0. The molecule has 35 heavy (non-hydrogen) atoms. The number of carbonyl (C=O) groups is 1. The van der Waals surface area contributed by atoms with E-state index in [-0.39, 0.29) is 11.6 Å². The van der Waals surface area contributed by atoms with E-state index in [4.69, 9.17) is 16.0 Å². The molecule has 1 aromatic heterocycles. The highest BCUT2D eigenvalue weighted by atomic mass is 35.5. The summed E-state index contributed by atoms with van der Waals surface area (Å²) in [6, 6.07) is 23.7. The molecule has 7 heteroatoms. The molecule has 0 atom stereocenters. The average molecular weight is 483 g/mol. The number of carbonyl (C=O) groups excluding carboxylic acids is 1. The molecule has 174 valence electrons. The third kappa shape index (κ3) is 5.06. The summed E-state index contributed by atoms with van der Waals surface area (Å²) in [4.78, 5) is 21.2. The number of nitriles is 1. The molecular weight excluding hydrogens is 460 g/mol. The molecule has 6 nitrogen and oxygen atoms in total. The van der Waals surface area contributed by atoms with Gasteiger partial charge < -0.3 is 14.2 Å². The third-order valence-electron chi connectivity index (χ3n) is 6.16. The Morgan fingerprint density at radius 3 is 2.51 bits per heavy atom. The molecule has 3 aromatic carbocycles. The number of oxazole rings is 1. The quantitative estimate of drug-likeness (QED) is 0.380. The van der Waals surface area contributed by atoms with Gasteiger partial charge in [-0.15, -0.1) is 0 Å². The fourth-order valence-electron chi connectivity index (χ4n) is 4.31. The Hall–Kier alpha value is -4.08. The number of amides is 1. The van der Waals surface area contributed by atoms with Crippen LogP contribution in [0.4, 0.5) is 5.88 Å². The zero-order chi connectivity index (χ0) is 24.2. The van der Waals surface area contributed by atoms with Gasteiger partial charge in [-0.25, -0.2) is 0 Å². The molecule has 1 saturated heterocycles. The molecule has 2 heterocycles. The van der Waals surface area contributed by atoms with Crippen LogP contribution in [-0.2, 0) is 11.2 Å². The van der Waals surface area contributed by atoms with Gasteiger partial charge in [-0.2, -0.15) is 10.2 Å². The maximum atomic E-state index is 13.0. The average Bonchev–Trinajstić information content (AvgIpc) is 3.32. The monoisotopic (exact) mass is 482 g/mol. The largest absolute Gasteiger partial charge is 0.420 e. The van der Waals surface area contributed by atoms with Gasteiger partial charge in [-0.1, -0.05) is 66.2 Å². The molecule has 0 unspecified atom stereocenters. The number of hydrogen-bond acceptors (Lipinski definition) is 5. The first-order valence-electron chi connectivity index (χ1n) is 11.4. The van der Waals surface area contributed by atoms with E-state index in [1.807, 2.05) is 64.4 Å². The number of benzene rings is 3. The summed E-state index contributed by atoms with van der Waals surface area (Å²) in [6.07, 6.45) is 3.96. The van der Waals surface area contributed by atoms with Crippen LogP contribution in [0.1, 0.15) is 22.7 Å². The minimum Gasteiger partial charge on any atom is -0.420 e. The molecule has 0 N–H and O–H groups in total. The predicted octanol–water partition coefficient (Wildman–Crippen LogP) is 5.41. The highest BCUT2D eigenvalue weighted by molar-refractivity contribution is 6.30. The Labute approximate surface area is 208 Å². The van der Waals surface area contributed by atoms with Crippen molar-refractivity contribution >= 4 is 46.3 Å². The van der Waals surface area contributed by atoms with Crippen LogP contribution in [0, 0.1) is 11.3 Å². The van der Waals surface area contributed by atoms with Crippen molar-refractivity contribution in [1.82, 2.24) is 9.88 Å². The van der Waals surface area contributed by atoms with Gasteiger partial charge in [0.1, 0.15) is 6.07 Å². The molecule has 0 aliphatic carbocycles. The summed E-state index contributed by atoms with van der Waals surface area (Å²) >= 11 is 5.93. The van der Waals surface area contributed by atoms with Gasteiger partial charge in [0.2, 0.25) is 23.4 Å². The van der Waals surface area contributed by atoms with Crippen molar-refractivity contribution in [3.05, 3.63) is 94.5 Å². The Kier molecular flexibility index (Phi) is 6.51. The maximum absolute atomic E-state index is 13.0. The van der Waals surface area contributed by atoms with Crippen molar-refractivity contribution in [3.63, 3.8) is 0 Å². The molecule has 0 radical (unpaired) electrons. The number of anilines is 1. The van der Waals surface area contributed by atoms with Crippen LogP contribution in [0.3, 0.4) is 0 Å². The first-order valence-corrected chi connectivity index (χ1v) is 11.8. The van der Waals surface area contributed by atoms with Crippen LogP contribution >= 0.6 is 11.6 Å². The van der Waals surface area contributed by atoms with Crippen molar-refractivity contribution in [2.45, 2.75) is 6.42 Å². The van der Waals surface area contributed by atoms with E-state index in [9.17, 15) is 10.1 Å². The Morgan fingerprint density at radius 1 is 1.00 bits per heavy atom. The molecule has 0 bridgehead atoms. The van der Waals surface area contributed by atoms with Crippen LogP contribution in [0.2, 0.25) is 5.02 Å². The van der Waals surface area contributed by atoms with E-state index >= 15 is 0 Å². The lowest BCUT2D eigenvalue weighted by Crippen LogP contribution is -2.49. The summed E-state index contributed by atoms with van der Waals surface area (Å²) in [5.74, 6) is 0.913. The lowest BCUT2D eigenvalue weighted by molar-refractivity contribution is -0.130. The number of aromatic nitrogens is 1. The molecule has 0 saturated carbocycles. The van der Waals surface area contributed by atoms with Gasteiger partial charge in [0.15, 0.2) is 0 Å². The highest BCUT2D eigenvalue weighted by Crippen LogP contribution is 2.25. The first kappa shape index (κ1) is 22.7. The van der Waals surface area contributed by atoms with E-state index in [1.54, 1.807) is 6.08 Å². The SMILES string of the molecule is N#Cc1nc(/C=C/c2ccc(Cl)cc2)oc1N1CCN(C(=O)Cc2cccc3ccccc23)CC1. The fourth-order valence-corrected chi connectivity index (χ4v) is 4.43. The van der Waals surface area contributed by atoms with Gasteiger partial charge >= 0.3 is 0 Å². The topological polar surface area (TPSA) is 73.4 Å². The number of fused-ring (bicyclic) bond motifs is 1. The summed E-state index contributed by atoms with van der Waals surface area (Å²) in [5.41, 5.74) is 2.23. The second kappa shape index (κ2) is 10.0. The zero-order valence-electron chi connectivity index (χ0n) is 19.0. The van der Waals surface area contributed by atoms with Gasteiger partial charge in [0.25, 0.3) is 0 Å². The number of rotatable bonds is 5. The lowest BCUT2D eigenvalue weighted by atomic mass is 10.0. The number of hydrogen-bond donors (Lipinski definition) is 0. The van der Waals surface area contributed by atoms with Crippen molar-refractivity contribution in [1.29, 1.82) is 5.26 Å². The highest BCUT2D eigenvalue weighted by Gasteiger charge is 2.26. The molecule has 1 fully saturated rings. The second-order valence-corrected chi connectivity index (χ2v) is 8.82.